The minimum absolute atomic E-state index is 0.230. The van der Waals surface area contributed by atoms with Gasteiger partial charge in [-0.15, -0.1) is 0 Å². The molecule has 2 rings (SSSR count). The van der Waals surface area contributed by atoms with Gasteiger partial charge < -0.3 is 5.32 Å². The number of carbonyl (C=O) groups is 1. The minimum atomic E-state index is 0.230. The van der Waals surface area contributed by atoms with Gasteiger partial charge in [0.05, 0.1) is 11.6 Å². The number of Topliss-reactive ketones (excluding diaryl/α,β-unsaturated/α-hetero) is 1. The number of dihydropyridines is 1. The van der Waals surface area contributed by atoms with Crippen LogP contribution in [0.2, 0.25) is 0 Å². The molecule has 0 amide bonds. The molecule has 1 atom stereocenters. The van der Waals surface area contributed by atoms with Crippen molar-refractivity contribution in [3.8, 4) is 6.07 Å². The molecule has 0 bridgehead atoms. The van der Waals surface area contributed by atoms with Crippen LogP contribution in [0.1, 0.15) is 39.0 Å². The summed E-state index contributed by atoms with van der Waals surface area (Å²) in [7, 11) is 0. The van der Waals surface area contributed by atoms with E-state index in [0.717, 1.165) is 30.5 Å². The summed E-state index contributed by atoms with van der Waals surface area (Å²) in [4.78, 5) is 11.9. The normalized spacial score (nSPS) is 24.4. The number of nitrogens with zero attached hydrogens (tertiary/aromatic N) is 1. The maximum Gasteiger partial charge on any atom is 0.161 e. The van der Waals surface area contributed by atoms with E-state index in [4.69, 9.17) is 5.26 Å². The topological polar surface area (TPSA) is 52.9 Å². The van der Waals surface area contributed by atoms with Gasteiger partial charge in [0.15, 0.2) is 5.78 Å². The van der Waals surface area contributed by atoms with Crippen LogP contribution in [0.4, 0.5) is 0 Å². The fourth-order valence-electron chi connectivity index (χ4n) is 2.49. The second-order valence-electron chi connectivity index (χ2n) is 4.55. The first kappa shape index (κ1) is 10.9. The SMILES string of the molecule is CCCC1CC(=O)C2=C(C1)NC=C(C#N)C2. The van der Waals surface area contributed by atoms with Gasteiger partial charge in [0.1, 0.15) is 0 Å². The number of ketones is 1. The monoisotopic (exact) mass is 216 g/mol. The van der Waals surface area contributed by atoms with Crippen molar-refractivity contribution in [2.45, 2.75) is 39.0 Å². The summed E-state index contributed by atoms with van der Waals surface area (Å²) in [6, 6.07) is 2.11. The van der Waals surface area contributed by atoms with E-state index in [1.807, 2.05) is 0 Å². The summed E-state index contributed by atoms with van der Waals surface area (Å²) < 4.78 is 0. The predicted molar refractivity (Wildman–Crippen MR) is 61.1 cm³/mol. The second-order valence-corrected chi connectivity index (χ2v) is 4.55. The average Bonchev–Trinajstić information content (AvgIpc) is 2.29. The summed E-state index contributed by atoms with van der Waals surface area (Å²) in [5, 5.41) is 11.9. The molecule has 0 fully saturated rings. The lowest BCUT2D eigenvalue weighted by Crippen LogP contribution is -2.27. The van der Waals surface area contributed by atoms with E-state index in [1.165, 1.54) is 0 Å². The van der Waals surface area contributed by atoms with Gasteiger partial charge in [0.25, 0.3) is 0 Å². The molecule has 1 aliphatic carbocycles. The van der Waals surface area contributed by atoms with E-state index in [0.29, 0.717) is 24.3 Å². The van der Waals surface area contributed by atoms with Gasteiger partial charge in [-0.3, -0.25) is 4.79 Å². The van der Waals surface area contributed by atoms with Crippen LogP contribution in [0.5, 0.6) is 0 Å². The first-order valence-electron chi connectivity index (χ1n) is 5.85. The summed E-state index contributed by atoms with van der Waals surface area (Å²) in [5.74, 6) is 0.717. The Bertz CT molecular complexity index is 412. The van der Waals surface area contributed by atoms with Crippen LogP contribution in [-0.2, 0) is 4.79 Å². The standard InChI is InChI=1S/C13H16N2O/c1-2-3-9-5-12-11(13(16)6-9)4-10(7-14)8-15-12/h8-9,15H,2-6H2,1H3. The van der Waals surface area contributed by atoms with Crippen LogP contribution in [-0.4, -0.2) is 5.78 Å². The lowest BCUT2D eigenvalue weighted by molar-refractivity contribution is -0.117. The molecule has 3 heteroatoms. The van der Waals surface area contributed by atoms with Crippen LogP contribution in [0.15, 0.2) is 23.0 Å². The fourth-order valence-corrected chi connectivity index (χ4v) is 2.49. The molecular weight excluding hydrogens is 200 g/mol. The Morgan fingerprint density at radius 3 is 3.06 bits per heavy atom. The Kier molecular flexibility index (Phi) is 3.09. The highest BCUT2D eigenvalue weighted by atomic mass is 16.1. The quantitative estimate of drug-likeness (QED) is 0.771. The molecule has 0 aromatic rings. The second kappa shape index (κ2) is 4.52. The number of hydrogen-bond acceptors (Lipinski definition) is 3. The Morgan fingerprint density at radius 2 is 2.38 bits per heavy atom. The third kappa shape index (κ3) is 2.01. The summed E-state index contributed by atoms with van der Waals surface area (Å²) in [6.45, 7) is 2.15. The lowest BCUT2D eigenvalue weighted by Gasteiger charge is -2.28. The van der Waals surface area contributed by atoms with Gasteiger partial charge in [-0.2, -0.15) is 5.26 Å². The number of nitriles is 1. The highest BCUT2D eigenvalue weighted by molar-refractivity contribution is 5.97. The Labute approximate surface area is 95.8 Å². The van der Waals surface area contributed by atoms with Crippen molar-refractivity contribution < 1.29 is 4.79 Å². The van der Waals surface area contributed by atoms with Crippen molar-refractivity contribution in [3.63, 3.8) is 0 Å². The van der Waals surface area contributed by atoms with Crippen LogP contribution >= 0.6 is 0 Å². The minimum Gasteiger partial charge on any atom is -0.364 e. The van der Waals surface area contributed by atoms with Gasteiger partial charge in [-0.25, -0.2) is 0 Å². The molecule has 84 valence electrons. The molecule has 1 N–H and O–H groups in total. The van der Waals surface area contributed by atoms with E-state index in [2.05, 4.69) is 18.3 Å². The Morgan fingerprint density at radius 1 is 1.56 bits per heavy atom. The molecule has 0 spiro atoms. The first-order valence-corrected chi connectivity index (χ1v) is 5.85. The van der Waals surface area contributed by atoms with Gasteiger partial charge in [-0.05, 0) is 18.8 Å². The van der Waals surface area contributed by atoms with Crippen molar-refractivity contribution in [2.24, 2.45) is 5.92 Å². The molecule has 0 aromatic carbocycles. The van der Waals surface area contributed by atoms with Crippen LogP contribution in [0, 0.1) is 17.2 Å². The Hall–Kier alpha value is -1.56. The molecular formula is C13H16N2O. The van der Waals surface area contributed by atoms with E-state index in [-0.39, 0.29) is 5.78 Å². The summed E-state index contributed by atoms with van der Waals surface area (Å²) >= 11 is 0. The largest absolute Gasteiger partial charge is 0.364 e. The number of rotatable bonds is 2. The van der Waals surface area contributed by atoms with E-state index in [1.54, 1.807) is 6.20 Å². The highest BCUT2D eigenvalue weighted by Gasteiger charge is 2.28. The molecule has 1 aliphatic heterocycles. The predicted octanol–water partition coefficient (Wildman–Crippen LogP) is 2.42. The zero-order valence-electron chi connectivity index (χ0n) is 9.55. The zero-order valence-corrected chi connectivity index (χ0v) is 9.55. The van der Waals surface area contributed by atoms with E-state index >= 15 is 0 Å². The molecule has 3 nitrogen and oxygen atoms in total. The Balaban J connectivity index is 2.14. The van der Waals surface area contributed by atoms with Gasteiger partial charge in [0.2, 0.25) is 0 Å². The molecule has 1 heterocycles. The third-order valence-corrected chi connectivity index (χ3v) is 3.30. The average molecular weight is 216 g/mol. The maximum absolute atomic E-state index is 11.9. The lowest BCUT2D eigenvalue weighted by atomic mass is 9.81. The molecule has 0 saturated heterocycles. The zero-order chi connectivity index (χ0) is 11.5. The van der Waals surface area contributed by atoms with Crippen molar-refractivity contribution >= 4 is 5.78 Å². The van der Waals surface area contributed by atoms with Crippen molar-refractivity contribution in [1.29, 1.82) is 5.26 Å². The van der Waals surface area contributed by atoms with E-state index < -0.39 is 0 Å². The van der Waals surface area contributed by atoms with Crippen LogP contribution in [0.3, 0.4) is 0 Å². The van der Waals surface area contributed by atoms with Crippen molar-refractivity contribution in [2.75, 3.05) is 0 Å². The molecule has 0 aromatic heterocycles. The molecule has 0 radical (unpaired) electrons. The van der Waals surface area contributed by atoms with Gasteiger partial charge >= 0.3 is 0 Å². The number of nitrogens with one attached hydrogen (secondary N) is 1. The van der Waals surface area contributed by atoms with Crippen LogP contribution < -0.4 is 5.32 Å². The van der Waals surface area contributed by atoms with Gasteiger partial charge in [0, 0.05) is 30.3 Å². The number of hydrogen-bond donors (Lipinski definition) is 1. The maximum atomic E-state index is 11.9. The molecule has 2 aliphatic rings. The smallest absolute Gasteiger partial charge is 0.161 e. The summed E-state index contributed by atoms with van der Waals surface area (Å²) in [5.41, 5.74) is 2.54. The van der Waals surface area contributed by atoms with Crippen molar-refractivity contribution in [3.05, 3.63) is 23.0 Å². The van der Waals surface area contributed by atoms with Crippen molar-refractivity contribution in [1.82, 2.24) is 5.32 Å². The van der Waals surface area contributed by atoms with Gasteiger partial charge in [-0.1, -0.05) is 13.3 Å². The number of allylic oxidation sites excluding steroid dienone is 3. The molecule has 16 heavy (non-hydrogen) atoms. The number of carbonyl (C=O) groups excluding carboxylic acids is 1. The fraction of sp³-hybridized carbons (Fsp3) is 0.538. The molecule has 1 unspecified atom stereocenters. The molecule has 0 saturated carbocycles. The highest BCUT2D eigenvalue weighted by Crippen LogP contribution is 2.33. The third-order valence-electron chi connectivity index (χ3n) is 3.30. The first-order chi connectivity index (χ1) is 7.74. The van der Waals surface area contributed by atoms with Crippen LogP contribution in [0.25, 0.3) is 0 Å². The summed E-state index contributed by atoms with van der Waals surface area (Å²) in [6.07, 6.45) is 6.12. The van der Waals surface area contributed by atoms with E-state index in [9.17, 15) is 4.79 Å².